The van der Waals surface area contributed by atoms with Crippen LogP contribution in [0.3, 0.4) is 0 Å². The molecule has 0 saturated carbocycles. The lowest BCUT2D eigenvalue weighted by atomic mass is 10.2. The van der Waals surface area contributed by atoms with Gasteiger partial charge in [-0.1, -0.05) is 0 Å². The van der Waals surface area contributed by atoms with Crippen LogP contribution in [0.15, 0.2) is 12.3 Å². The molecule has 1 fully saturated rings. The van der Waals surface area contributed by atoms with Crippen molar-refractivity contribution in [3.63, 3.8) is 0 Å². The van der Waals surface area contributed by atoms with E-state index in [0.717, 1.165) is 5.82 Å². The highest BCUT2D eigenvalue weighted by Crippen LogP contribution is 2.20. The quantitative estimate of drug-likeness (QED) is 0.860. The molecule has 1 N–H and O–H groups in total. The number of aromatic nitrogens is 5. The second kappa shape index (κ2) is 5.57. The standard InChI is InChI=1S/C13H16N6O2/c1-8-14-4-3-10(15-8)13(20)19-5-6-21-11(7-19)12-16-9(2)17-18-12/h3-4,11H,5-7H2,1-2H3,(H,16,17,18)/t11-/m1/s1. The zero-order valence-electron chi connectivity index (χ0n) is 11.9. The van der Waals surface area contributed by atoms with Crippen molar-refractivity contribution in [2.45, 2.75) is 20.0 Å². The molecule has 1 saturated heterocycles. The summed E-state index contributed by atoms with van der Waals surface area (Å²) in [4.78, 5) is 26.6. The molecule has 8 heteroatoms. The molecule has 21 heavy (non-hydrogen) atoms. The van der Waals surface area contributed by atoms with Crippen molar-refractivity contribution in [1.82, 2.24) is 30.0 Å². The Hall–Kier alpha value is -2.35. The van der Waals surface area contributed by atoms with Gasteiger partial charge in [0.2, 0.25) is 0 Å². The van der Waals surface area contributed by atoms with Gasteiger partial charge in [-0.3, -0.25) is 9.89 Å². The number of carbonyl (C=O) groups is 1. The van der Waals surface area contributed by atoms with E-state index in [1.54, 1.807) is 24.1 Å². The average Bonchev–Trinajstić information content (AvgIpc) is 2.93. The lowest BCUT2D eigenvalue weighted by Crippen LogP contribution is -2.42. The number of nitrogens with zero attached hydrogens (tertiary/aromatic N) is 5. The largest absolute Gasteiger partial charge is 0.366 e. The van der Waals surface area contributed by atoms with E-state index in [4.69, 9.17) is 4.74 Å². The summed E-state index contributed by atoms with van der Waals surface area (Å²) < 4.78 is 5.65. The third-order valence-electron chi connectivity index (χ3n) is 3.25. The highest BCUT2D eigenvalue weighted by Gasteiger charge is 2.29. The lowest BCUT2D eigenvalue weighted by Gasteiger charge is -2.31. The summed E-state index contributed by atoms with van der Waals surface area (Å²) in [5, 5.41) is 6.88. The second-order valence-corrected chi connectivity index (χ2v) is 4.88. The topological polar surface area (TPSA) is 96.9 Å². The number of aryl methyl sites for hydroxylation is 2. The Morgan fingerprint density at radius 1 is 1.43 bits per heavy atom. The van der Waals surface area contributed by atoms with Crippen molar-refractivity contribution < 1.29 is 9.53 Å². The van der Waals surface area contributed by atoms with Crippen LogP contribution in [0.4, 0.5) is 0 Å². The fourth-order valence-electron chi connectivity index (χ4n) is 2.23. The summed E-state index contributed by atoms with van der Waals surface area (Å²) in [6.07, 6.45) is 1.28. The van der Waals surface area contributed by atoms with Gasteiger partial charge >= 0.3 is 0 Å². The van der Waals surface area contributed by atoms with E-state index in [1.165, 1.54) is 0 Å². The van der Waals surface area contributed by atoms with Crippen molar-refractivity contribution in [2.75, 3.05) is 19.7 Å². The summed E-state index contributed by atoms with van der Waals surface area (Å²) in [7, 11) is 0. The van der Waals surface area contributed by atoms with E-state index < -0.39 is 0 Å². The Kier molecular flexibility index (Phi) is 3.61. The van der Waals surface area contributed by atoms with Crippen LogP contribution < -0.4 is 0 Å². The highest BCUT2D eigenvalue weighted by atomic mass is 16.5. The van der Waals surface area contributed by atoms with Gasteiger partial charge in [0.1, 0.15) is 23.4 Å². The molecule has 3 heterocycles. The molecular weight excluding hydrogens is 272 g/mol. The third-order valence-corrected chi connectivity index (χ3v) is 3.25. The molecule has 0 aliphatic carbocycles. The Balaban J connectivity index is 1.75. The van der Waals surface area contributed by atoms with Crippen molar-refractivity contribution in [3.8, 4) is 0 Å². The molecule has 0 bridgehead atoms. The Morgan fingerprint density at radius 3 is 3.00 bits per heavy atom. The van der Waals surface area contributed by atoms with E-state index >= 15 is 0 Å². The first-order valence-electron chi connectivity index (χ1n) is 6.73. The van der Waals surface area contributed by atoms with Gasteiger partial charge in [-0.15, -0.1) is 0 Å². The zero-order chi connectivity index (χ0) is 14.8. The third kappa shape index (κ3) is 2.89. The van der Waals surface area contributed by atoms with Crippen LogP contribution in [0, 0.1) is 13.8 Å². The molecule has 2 aromatic heterocycles. The molecular formula is C13H16N6O2. The predicted molar refractivity (Wildman–Crippen MR) is 72.5 cm³/mol. The normalized spacial score (nSPS) is 18.8. The number of carbonyl (C=O) groups excluding carboxylic acids is 1. The van der Waals surface area contributed by atoms with E-state index in [0.29, 0.717) is 37.0 Å². The van der Waals surface area contributed by atoms with Crippen molar-refractivity contribution in [3.05, 3.63) is 35.4 Å². The van der Waals surface area contributed by atoms with E-state index in [-0.39, 0.29) is 12.0 Å². The van der Waals surface area contributed by atoms with Crippen LogP contribution >= 0.6 is 0 Å². The smallest absolute Gasteiger partial charge is 0.272 e. The van der Waals surface area contributed by atoms with Gasteiger partial charge in [0.25, 0.3) is 5.91 Å². The summed E-state index contributed by atoms with van der Waals surface area (Å²) >= 11 is 0. The minimum atomic E-state index is -0.310. The van der Waals surface area contributed by atoms with Gasteiger partial charge in [-0.25, -0.2) is 15.0 Å². The van der Waals surface area contributed by atoms with Gasteiger partial charge in [0.05, 0.1) is 13.2 Å². The van der Waals surface area contributed by atoms with Gasteiger partial charge in [-0.05, 0) is 19.9 Å². The Morgan fingerprint density at radius 2 is 2.29 bits per heavy atom. The van der Waals surface area contributed by atoms with Crippen LogP contribution in [-0.4, -0.2) is 55.7 Å². The minimum Gasteiger partial charge on any atom is -0.366 e. The van der Waals surface area contributed by atoms with Gasteiger partial charge < -0.3 is 9.64 Å². The number of ether oxygens (including phenoxy) is 1. The van der Waals surface area contributed by atoms with Gasteiger partial charge in [0.15, 0.2) is 5.82 Å². The summed E-state index contributed by atoms with van der Waals surface area (Å²) in [5.74, 6) is 1.75. The first-order chi connectivity index (χ1) is 10.1. The number of amides is 1. The fraction of sp³-hybridized carbons (Fsp3) is 0.462. The van der Waals surface area contributed by atoms with Gasteiger partial charge in [-0.2, -0.15) is 5.10 Å². The highest BCUT2D eigenvalue weighted by molar-refractivity contribution is 5.92. The van der Waals surface area contributed by atoms with Gasteiger partial charge in [0, 0.05) is 12.7 Å². The van der Waals surface area contributed by atoms with Crippen LogP contribution in [0.5, 0.6) is 0 Å². The fourth-order valence-corrected chi connectivity index (χ4v) is 2.23. The zero-order valence-corrected chi connectivity index (χ0v) is 11.9. The van der Waals surface area contributed by atoms with Crippen LogP contribution in [0.2, 0.25) is 0 Å². The van der Waals surface area contributed by atoms with Crippen LogP contribution in [0.25, 0.3) is 0 Å². The van der Waals surface area contributed by atoms with E-state index in [9.17, 15) is 4.79 Å². The van der Waals surface area contributed by atoms with E-state index in [2.05, 4.69) is 25.1 Å². The lowest BCUT2D eigenvalue weighted by molar-refractivity contribution is -0.0268. The number of nitrogens with one attached hydrogen (secondary N) is 1. The molecule has 0 spiro atoms. The average molecular weight is 288 g/mol. The summed E-state index contributed by atoms with van der Waals surface area (Å²) in [6.45, 7) is 4.98. The maximum absolute atomic E-state index is 12.5. The van der Waals surface area contributed by atoms with Crippen molar-refractivity contribution >= 4 is 5.91 Å². The number of aromatic amines is 1. The predicted octanol–water partition coefficient (Wildman–Crippen LogP) is 0.425. The number of hydrogen-bond donors (Lipinski definition) is 1. The molecule has 2 aromatic rings. The number of hydrogen-bond acceptors (Lipinski definition) is 6. The van der Waals surface area contributed by atoms with Crippen LogP contribution in [0.1, 0.15) is 34.1 Å². The Bertz CT molecular complexity index is 656. The maximum Gasteiger partial charge on any atom is 0.272 e. The molecule has 8 nitrogen and oxygen atoms in total. The molecule has 1 aliphatic heterocycles. The number of H-pyrrole nitrogens is 1. The second-order valence-electron chi connectivity index (χ2n) is 4.88. The molecule has 0 aromatic carbocycles. The molecule has 1 amide bonds. The maximum atomic E-state index is 12.5. The number of morpholine rings is 1. The van der Waals surface area contributed by atoms with Crippen LogP contribution in [-0.2, 0) is 4.74 Å². The minimum absolute atomic E-state index is 0.124. The Labute approximate surface area is 121 Å². The molecule has 3 rings (SSSR count). The molecule has 0 radical (unpaired) electrons. The summed E-state index contributed by atoms with van der Waals surface area (Å²) in [6, 6.07) is 1.62. The SMILES string of the molecule is Cc1nccc(C(=O)N2CCO[C@@H](c3n[nH]c(C)n3)C2)n1. The first kappa shape index (κ1) is 13.6. The molecule has 0 unspecified atom stereocenters. The first-order valence-corrected chi connectivity index (χ1v) is 6.73. The monoisotopic (exact) mass is 288 g/mol. The summed E-state index contributed by atoms with van der Waals surface area (Å²) in [5.41, 5.74) is 0.398. The van der Waals surface area contributed by atoms with Crippen molar-refractivity contribution in [1.29, 1.82) is 0 Å². The van der Waals surface area contributed by atoms with Crippen molar-refractivity contribution in [2.24, 2.45) is 0 Å². The molecule has 110 valence electrons. The molecule has 1 atom stereocenters. The molecule has 1 aliphatic rings. The van der Waals surface area contributed by atoms with E-state index in [1.807, 2.05) is 6.92 Å². The number of rotatable bonds is 2.